The van der Waals surface area contributed by atoms with Crippen molar-refractivity contribution in [2.45, 2.75) is 31.3 Å². The Morgan fingerprint density at radius 2 is 1.91 bits per heavy atom. The van der Waals surface area contributed by atoms with Gasteiger partial charge in [-0.15, -0.1) is 0 Å². The minimum absolute atomic E-state index is 0.228. The van der Waals surface area contributed by atoms with E-state index in [1.807, 2.05) is 19.9 Å². The topological polar surface area (TPSA) is 84.3 Å². The Balaban J connectivity index is 2.10. The van der Waals surface area contributed by atoms with Gasteiger partial charge in [-0.3, -0.25) is 9.98 Å². The van der Waals surface area contributed by atoms with Gasteiger partial charge in [0.25, 0.3) is 0 Å². The van der Waals surface area contributed by atoms with Crippen molar-refractivity contribution in [1.29, 1.82) is 0 Å². The first-order valence-electron chi connectivity index (χ1n) is 7.32. The second kappa shape index (κ2) is 5.73. The Kier molecular flexibility index (Phi) is 3.89. The van der Waals surface area contributed by atoms with E-state index in [0.29, 0.717) is 18.0 Å². The fourth-order valence-corrected chi connectivity index (χ4v) is 3.14. The maximum atomic E-state index is 11.8. The van der Waals surface area contributed by atoms with E-state index < -0.39 is 9.84 Å². The molecule has 0 saturated carbocycles. The van der Waals surface area contributed by atoms with Crippen LogP contribution in [0.1, 0.15) is 30.7 Å². The van der Waals surface area contributed by atoms with Crippen molar-refractivity contribution in [2.75, 3.05) is 11.6 Å². The van der Waals surface area contributed by atoms with Gasteiger partial charge < -0.3 is 5.32 Å². The minimum atomic E-state index is -3.29. The van der Waals surface area contributed by atoms with Gasteiger partial charge in [0.05, 0.1) is 22.8 Å². The van der Waals surface area contributed by atoms with Gasteiger partial charge in [-0.05, 0) is 37.6 Å². The Morgan fingerprint density at radius 1 is 1.17 bits per heavy atom. The zero-order valence-corrected chi connectivity index (χ0v) is 14.1. The van der Waals surface area contributed by atoms with Crippen LogP contribution in [-0.2, 0) is 16.4 Å². The number of rotatable bonds is 4. The van der Waals surface area contributed by atoms with Crippen molar-refractivity contribution in [3.63, 3.8) is 0 Å². The van der Waals surface area contributed by atoms with Crippen LogP contribution in [0, 0.1) is 0 Å². The second-order valence-electron chi connectivity index (χ2n) is 5.81. The summed E-state index contributed by atoms with van der Waals surface area (Å²) >= 11 is 0. The van der Waals surface area contributed by atoms with E-state index in [9.17, 15) is 8.42 Å². The highest BCUT2D eigenvalue weighted by atomic mass is 32.2. The van der Waals surface area contributed by atoms with Crippen LogP contribution < -0.4 is 5.32 Å². The number of pyridine rings is 2. The van der Waals surface area contributed by atoms with Crippen LogP contribution in [0.3, 0.4) is 0 Å². The average Bonchev–Trinajstić information content (AvgIpc) is 2.91. The Labute approximate surface area is 135 Å². The molecule has 0 saturated heterocycles. The van der Waals surface area contributed by atoms with Crippen molar-refractivity contribution < 1.29 is 8.42 Å². The van der Waals surface area contributed by atoms with Gasteiger partial charge in [-0.2, -0.15) is 0 Å². The first-order chi connectivity index (χ1) is 10.9. The molecule has 1 aliphatic rings. The minimum Gasteiger partial charge on any atom is -0.367 e. The summed E-state index contributed by atoms with van der Waals surface area (Å²) in [7, 11) is -3.29. The lowest BCUT2D eigenvalue weighted by Gasteiger charge is -2.14. The van der Waals surface area contributed by atoms with E-state index in [0.717, 1.165) is 16.9 Å². The molecule has 0 radical (unpaired) electrons. The Hall–Kier alpha value is -2.28. The molecular formula is C16H18N4O2S. The normalized spacial score (nSPS) is 13.8. The molecule has 23 heavy (non-hydrogen) atoms. The molecule has 0 aromatic carbocycles. The maximum absolute atomic E-state index is 11.8. The molecule has 0 amide bonds. The number of nitrogens with one attached hydrogen (secondary N) is 1. The molecule has 2 aromatic heterocycles. The summed E-state index contributed by atoms with van der Waals surface area (Å²) in [5.74, 6) is 0.750. The van der Waals surface area contributed by atoms with Crippen LogP contribution in [0.5, 0.6) is 0 Å². The third-order valence-corrected chi connectivity index (χ3v) is 4.62. The number of hydrogen-bond donors (Lipinski definition) is 1. The van der Waals surface area contributed by atoms with Crippen LogP contribution in [0.15, 0.2) is 40.5 Å². The molecule has 0 bridgehead atoms. The maximum Gasteiger partial charge on any atom is 0.175 e. The zero-order valence-electron chi connectivity index (χ0n) is 13.2. The average molecular weight is 330 g/mol. The van der Waals surface area contributed by atoms with Crippen LogP contribution in [0.25, 0.3) is 0 Å². The Bertz CT molecular complexity index is 889. The summed E-state index contributed by atoms with van der Waals surface area (Å²) in [5, 5.41) is 3.31. The summed E-state index contributed by atoms with van der Waals surface area (Å²) in [6.45, 7) is 4.62. The van der Waals surface area contributed by atoms with Crippen molar-refractivity contribution in [2.24, 2.45) is 4.99 Å². The van der Waals surface area contributed by atoms with Gasteiger partial charge in [0, 0.05) is 30.3 Å². The molecule has 0 atom stereocenters. The third-order valence-electron chi connectivity index (χ3n) is 3.51. The van der Waals surface area contributed by atoms with Gasteiger partial charge in [-0.1, -0.05) is 0 Å². The summed E-state index contributed by atoms with van der Waals surface area (Å²) in [6, 6.07) is 5.21. The number of nitrogens with zero attached hydrogens (tertiary/aromatic N) is 3. The van der Waals surface area contributed by atoms with E-state index in [-0.39, 0.29) is 10.9 Å². The molecule has 0 aliphatic carbocycles. The van der Waals surface area contributed by atoms with Crippen LogP contribution >= 0.6 is 0 Å². The van der Waals surface area contributed by atoms with E-state index in [2.05, 4.69) is 20.3 Å². The highest BCUT2D eigenvalue weighted by molar-refractivity contribution is 7.90. The molecular weight excluding hydrogens is 312 g/mol. The van der Waals surface area contributed by atoms with Gasteiger partial charge in [0.15, 0.2) is 9.84 Å². The van der Waals surface area contributed by atoms with Crippen LogP contribution in [0.4, 0.5) is 5.82 Å². The van der Waals surface area contributed by atoms with E-state index >= 15 is 0 Å². The second-order valence-corrected chi connectivity index (χ2v) is 7.82. The molecule has 3 rings (SSSR count). The molecule has 1 aliphatic heterocycles. The molecule has 0 fully saturated rings. The fraction of sp³-hybridized carbons (Fsp3) is 0.312. The molecule has 1 N–H and O–H groups in total. The van der Waals surface area contributed by atoms with Crippen molar-refractivity contribution in [3.8, 4) is 0 Å². The monoisotopic (exact) mass is 330 g/mol. The SMILES string of the molecule is CC(C)Nc1nccc2c1C(c1cc(S(C)(=O)=O)ccn1)=NC2. The van der Waals surface area contributed by atoms with Crippen LogP contribution in [0.2, 0.25) is 0 Å². The zero-order chi connectivity index (χ0) is 16.6. The highest BCUT2D eigenvalue weighted by Crippen LogP contribution is 2.28. The Morgan fingerprint density at radius 3 is 2.61 bits per heavy atom. The molecule has 6 nitrogen and oxygen atoms in total. The van der Waals surface area contributed by atoms with E-state index in [4.69, 9.17) is 0 Å². The standard InChI is InChI=1S/C16H18N4O2S/c1-10(2)20-16-14-11(4-6-18-16)9-19-15(14)13-8-12(5-7-17-13)23(3,21)22/h4-8,10H,9H2,1-3H3,(H,18,20). The van der Waals surface area contributed by atoms with Gasteiger partial charge in [-0.25, -0.2) is 13.4 Å². The summed E-state index contributed by atoms with van der Waals surface area (Å²) in [5.41, 5.74) is 3.19. The van der Waals surface area contributed by atoms with Gasteiger partial charge >= 0.3 is 0 Å². The molecule has 0 unspecified atom stereocenters. The lowest BCUT2D eigenvalue weighted by atomic mass is 10.0. The lowest BCUT2D eigenvalue weighted by molar-refractivity contribution is 0.601. The number of aliphatic imine (C=N–C) groups is 1. The number of aromatic nitrogens is 2. The van der Waals surface area contributed by atoms with Crippen LogP contribution in [-0.4, -0.2) is 36.4 Å². The number of sulfone groups is 1. The third kappa shape index (κ3) is 3.10. The molecule has 7 heteroatoms. The molecule has 3 heterocycles. The quantitative estimate of drug-likeness (QED) is 0.927. The fourth-order valence-electron chi connectivity index (χ4n) is 2.50. The summed E-state index contributed by atoms with van der Waals surface area (Å²) in [6.07, 6.45) is 4.43. The first-order valence-corrected chi connectivity index (χ1v) is 9.21. The van der Waals surface area contributed by atoms with Crippen molar-refractivity contribution in [1.82, 2.24) is 9.97 Å². The number of fused-ring (bicyclic) bond motifs is 1. The van der Waals surface area contributed by atoms with E-state index in [1.54, 1.807) is 12.3 Å². The largest absolute Gasteiger partial charge is 0.367 e. The summed E-state index contributed by atoms with van der Waals surface area (Å²) in [4.78, 5) is 13.5. The first kappa shape index (κ1) is 15.6. The van der Waals surface area contributed by atoms with E-state index in [1.165, 1.54) is 18.5 Å². The smallest absolute Gasteiger partial charge is 0.175 e. The number of anilines is 1. The van der Waals surface area contributed by atoms with Gasteiger partial charge in [0.1, 0.15) is 5.82 Å². The van der Waals surface area contributed by atoms with Crippen molar-refractivity contribution in [3.05, 3.63) is 47.4 Å². The molecule has 0 spiro atoms. The summed E-state index contributed by atoms with van der Waals surface area (Å²) < 4.78 is 23.5. The molecule has 120 valence electrons. The number of hydrogen-bond acceptors (Lipinski definition) is 6. The molecule has 2 aromatic rings. The lowest BCUT2D eigenvalue weighted by Crippen LogP contribution is -2.16. The van der Waals surface area contributed by atoms with Crippen molar-refractivity contribution >= 4 is 21.4 Å². The predicted molar refractivity (Wildman–Crippen MR) is 89.7 cm³/mol. The van der Waals surface area contributed by atoms with Gasteiger partial charge in [0.2, 0.25) is 0 Å². The predicted octanol–water partition coefficient (Wildman–Crippen LogP) is 2.05. The highest BCUT2D eigenvalue weighted by Gasteiger charge is 2.24.